The standard InChI is InChI=1S/C19H22F3N5O/c1-27(2)16-7-8-23-19(26-16)25-13-5-3-12(4-6-13)24-18(28)11-9-14(20)17(22)15(21)10-11/h7-10,12-13H,3-6H2,1-2H3,(H,24,28)(H,23,25,26)/t12-,13+. The van der Waals surface area contributed by atoms with Gasteiger partial charge >= 0.3 is 0 Å². The van der Waals surface area contributed by atoms with E-state index in [0.29, 0.717) is 30.9 Å². The second-order valence-corrected chi connectivity index (χ2v) is 7.05. The maximum atomic E-state index is 13.3. The minimum absolute atomic E-state index is 0.115. The van der Waals surface area contributed by atoms with Crippen LogP contribution in [-0.4, -0.2) is 42.1 Å². The Balaban J connectivity index is 1.53. The highest BCUT2D eigenvalue weighted by molar-refractivity contribution is 5.94. The van der Waals surface area contributed by atoms with E-state index in [1.165, 1.54) is 0 Å². The van der Waals surface area contributed by atoms with Crippen molar-refractivity contribution >= 4 is 17.7 Å². The summed E-state index contributed by atoms with van der Waals surface area (Å²) >= 11 is 0. The summed E-state index contributed by atoms with van der Waals surface area (Å²) in [7, 11) is 3.80. The first-order valence-electron chi connectivity index (χ1n) is 9.06. The Labute approximate surface area is 161 Å². The zero-order chi connectivity index (χ0) is 20.3. The van der Waals surface area contributed by atoms with Crippen molar-refractivity contribution in [2.24, 2.45) is 0 Å². The fourth-order valence-electron chi connectivity index (χ4n) is 3.19. The van der Waals surface area contributed by atoms with E-state index in [1.807, 2.05) is 25.1 Å². The molecule has 0 atom stereocenters. The quantitative estimate of drug-likeness (QED) is 0.764. The van der Waals surface area contributed by atoms with Crippen LogP contribution in [-0.2, 0) is 0 Å². The van der Waals surface area contributed by atoms with Gasteiger partial charge in [0.15, 0.2) is 17.5 Å². The summed E-state index contributed by atoms with van der Waals surface area (Å²) in [5, 5.41) is 6.06. The molecule has 1 aromatic heterocycles. The summed E-state index contributed by atoms with van der Waals surface area (Å²) in [6.45, 7) is 0. The van der Waals surface area contributed by atoms with Crippen LogP contribution in [0.2, 0.25) is 0 Å². The molecular weight excluding hydrogens is 371 g/mol. The number of benzene rings is 1. The molecule has 0 spiro atoms. The SMILES string of the molecule is CN(C)c1ccnc(N[C@H]2CC[C@@H](NC(=O)c3cc(F)c(F)c(F)c3)CC2)n1. The first kappa shape index (κ1) is 19.9. The Hall–Kier alpha value is -2.84. The molecule has 0 bridgehead atoms. The second kappa shape index (κ2) is 8.45. The van der Waals surface area contributed by atoms with E-state index in [0.717, 1.165) is 18.7 Å². The third-order valence-electron chi connectivity index (χ3n) is 4.74. The molecule has 1 saturated carbocycles. The molecule has 0 radical (unpaired) electrons. The zero-order valence-electron chi connectivity index (χ0n) is 15.7. The van der Waals surface area contributed by atoms with Crippen LogP contribution in [0, 0.1) is 17.5 Å². The molecular formula is C19H22F3N5O. The smallest absolute Gasteiger partial charge is 0.251 e. The van der Waals surface area contributed by atoms with Crippen LogP contribution in [0.3, 0.4) is 0 Å². The molecule has 1 fully saturated rings. The number of carbonyl (C=O) groups is 1. The molecule has 2 N–H and O–H groups in total. The Morgan fingerprint density at radius 1 is 1.07 bits per heavy atom. The Morgan fingerprint density at radius 3 is 2.29 bits per heavy atom. The molecule has 9 heteroatoms. The van der Waals surface area contributed by atoms with Gasteiger partial charge in [0.05, 0.1) is 0 Å². The third kappa shape index (κ3) is 4.71. The highest BCUT2D eigenvalue weighted by atomic mass is 19.2. The van der Waals surface area contributed by atoms with Gasteiger partial charge in [0, 0.05) is 37.9 Å². The lowest BCUT2D eigenvalue weighted by Crippen LogP contribution is -2.40. The molecule has 150 valence electrons. The summed E-state index contributed by atoms with van der Waals surface area (Å²) < 4.78 is 39.6. The van der Waals surface area contributed by atoms with Gasteiger partial charge in [-0.1, -0.05) is 0 Å². The number of aromatic nitrogens is 2. The fraction of sp³-hybridized carbons (Fsp3) is 0.421. The van der Waals surface area contributed by atoms with E-state index >= 15 is 0 Å². The lowest BCUT2D eigenvalue weighted by Gasteiger charge is -2.29. The number of rotatable bonds is 5. The molecule has 0 unspecified atom stereocenters. The predicted molar refractivity (Wildman–Crippen MR) is 99.8 cm³/mol. The summed E-state index contributed by atoms with van der Waals surface area (Å²) in [5.74, 6) is -3.59. The van der Waals surface area contributed by atoms with Crippen molar-refractivity contribution in [3.63, 3.8) is 0 Å². The van der Waals surface area contributed by atoms with Crippen molar-refractivity contribution in [1.29, 1.82) is 0 Å². The van der Waals surface area contributed by atoms with E-state index in [9.17, 15) is 18.0 Å². The van der Waals surface area contributed by atoms with E-state index < -0.39 is 23.4 Å². The van der Waals surface area contributed by atoms with E-state index in [1.54, 1.807) is 6.20 Å². The molecule has 1 heterocycles. The molecule has 2 aromatic rings. The zero-order valence-corrected chi connectivity index (χ0v) is 15.7. The van der Waals surface area contributed by atoms with Crippen LogP contribution >= 0.6 is 0 Å². The van der Waals surface area contributed by atoms with Crippen molar-refractivity contribution in [3.05, 3.63) is 47.4 Å². The molecule has 1 aliphatic rings. The number of hydrogen-bond acceptors (Lipinski definition) is 5. The van der Waals surface area contributed by atoms with Crippen molar-refractivity contribution in [2.45, 2.75) is 37.8 Å². The highest BCUT2D eigenvalue weighted by Gasteiger charge is 2.24. The van der Waals surface area contributed by atoms with Gasteiger partial charge in [0.1, 0.15) is 5.82 Å². The van der Waals surface area contributed by atoms with Gasteiger partial charge in [-0.05, 0) is 43.9 Å². The third-order valence-corrected chi connectivity index (χ3v) is 4.74. The number of carbonyl (C=O) groups excluding carboxylic acids is 1. The maximum absolute atomic E-state index is 13.3. The highest BCUT2D eigenvalue weighted by Crippen LogP contribution is 2.22. The normalized spacial score (nSPS) is 19.2. The molecule has 1 aromatic carbocycles. The molecule has 1 amide bonds. The Morgan fingerprint density at radius 2 is 1.68 bits per heavy atom. The summed E-state index contributed by atoms with van der Waals surface area (Å²) in [4.78, 5) is 22.7. The fourth-order valence-corrected chi connectivity index (χ4v) is 3.19. The van der Waals surface area contributed by atoms with Gasteiger partial charge < -0.3 is 15.5 Å². The molecule has 0 saturated heterocycles. The number of anilines is 2. The number of hydrogen-bond donors (Lipinski definition) is 2. The van der Waals surface area contributed by atoms with E-state index in [2.05, 4.69) is 20.6 Å². The number of amides is 1. The van der Waals surface area contributed by atoms with Crippen LogP contribution in [0.4, 0.5) is 24.9 Å². The van der Waals surface area contributed by atoms with Crippen molar-refractivity contribution < 1.29 is 18.0 Å². The van der Waals surface area contributed by atoms with Gasteiger partial charge in [-0.2, -0.15) is 4.98 Å². The van der Waals surface area contributed by atoms with Gasteiger partial charge in [0.25, 0.3) is 5.91 Å². The lowest BCUT2D eigenvalue weighted by atomic mass is 9.91. The van der Waals surface area contributed by atoms with Gasteiger partial charge in [0.2, 0.25) is 5.95 Å². The minimum Gasteiger partial charge on any atom is -0.363 e. The Bertz CT molecular complexity index is 830. The van der Waals surface area contributed by atoms with Crippen molar-refractivity contribution in [1.82, 2.24) is 15.3 Å². The lowest BCUT2D eigenvalue weighted by molar-refractivity contribution is 0.0925. The first-order valence-corrected chi connectivity index (χ1v) is 9.06. The number of nitrogens with zero attached hydrogens (tertiary/aromatic N) is 3. The molecule has 28 heavy (non-hydrogen) atoms. The maximum Gasteiger partial charge on any atom is 0.251 e. The van der Waals surface area contributed by atoms with Crippen LogP contribution in [0.25, 0.3) is 0 Å². The van der Waals surface area contributed by atoms with Crippen molar-refractivity contribution in [3.8, 4) is 0 Å². The summed E-state index contributed by atoms with van der Waals surface area (Å²) in [5.41, 5.74) is -0.231. The monoisotopic (exact) mass is 393 g/mol. The minimum atomic E-state index is -1.58. The average molecular weight is 393 g/mol. The molecule has 0 aliphatic heterocycles. The number of nitrogens with one attached hydrogen (secondary N) is 2. The molecule has 1 aliphatic carbocycles. The first-order chi connectivity index (χ1) is 13.3. The van der Waals surface area contributed by atoms with Crippen LogP contribution in [0.1, 0.15) is 36.0 Å². The molecule has 6 nitrogen and oxygen atoms in total. The second-order valence-electron chi connectivity index (χ2n) is 7.05. The van der Waals surface area contributed by atoms with E-state index in [-0.39, 0.29) is 17.6 Å². The number of halogens is 3. The van der Waals surface area contributed by atoms with Crippen molar-refractivity contribution in [2.75, 3.05) is 24.3 Å². The Kier molecular flexibility index (Phi) is 6.01. The summed E-state index contributed by atoms with van der Waals surface area (Å²) in [6, 6.07) is 3.28. The van der Waals surface area contributed by atoms with Gasteiger partial charge in [-0.15, -0.1) is 0 Å². The van der Waals surface area contributed by atoms with Gasteiger partial charge in [-0.3, -0.25) is 4.79 Å². The van der Waals surface area contributed by atoms with Crippen LogP contribution in [0.5, 0.6) is 0 Å². The average Bonchev–Trinajstić information content (AvgIpc) is 2.67. The van der Waals surface area contributed by atoms with E-state index in [4.69, 9.17) is 0 Å². The van der Waals surface area contributed by atoms with Crippen LogP contribution in [0.15, 0.2) is 24.4 Å². The van der Waals surface area contributed by atoms with Gasteiger partial charge in [-0.25, -0.2) is 18.2 Å². The predicted octanol–water partition coefficient (Wildman–Crippen LogP) is 3.11. The molecule has 3 rings (SSSR count). The topological polar surface area (TPSA) is 70.2 Å². The largest absolute Gasteiger partial charge is 0.363 e. The van der Waals surface area contributed by atoms with Crippen LogP contribution < -0.4 is 15.5 Å². The summed E-state index contributed by atoms with van der Waals surface area (Å²) in [6.07, 6.45) is 4.66.